The second-order valence-corrected chi connectivity index (χ2v) is 12.0. The van der Waals surface area contributed by atoms with E-state index >= 15 is 0 Å². The smallest absolute Gasteiger partial charge is 0.307 e. The normalized spacial score (nSPS) is 12.8. The van der Waals surface area contributed by atoms with E-state index in [-0.39, 0.29) is 0 Å². The molecule has 0 atom stereocenters. The standard InChI is InChI=1S/C28H24N2OS/c1-20(2)32(21-11-5-3-6-12-21,22-13-7-4-8-14-22)23-17-18-27-26(19-23)30-25-16-10-9-15-24(25)29-28(30)31-27/h3-20H,1-2H3. The molecule has 0 radical (unpaired) electrons. The van der Waals surface area contributed by atoms with Crippen molar-refractivity contribution < 1.29 is 4.42 Å². The molecule has 4 heteroatoms. The predicted molar refractivity (Wildman–Crippen MR) is 133 cm³/mol. The molecular formula is C28H24N2OS. The lowest BCUT2D eigenvalue weighted by Gasteiger charge is -2.45. The Hall–Kier alpha value is -3.50. The van der Waals surface area contributed by atoms with Gasteiger partial charge >= 0.3 is 5.84 Å². The van der Waals surface area contributed by atoms with E-state index < -0.39 is 10.0 Å². The van der Waals surface area contributed by atoms with Gasteiger partial charge in [0.15, 0.2) is 5.58 Å². The van der Waals surface area contributed by atoms with Crippen molar-refractivity contribution in [3.05, 3.63) is 103 Å². The lowest BCUT2D eigenvalue weighted by Crippen LogP contribution is -2.14. The fraction of sp³-hybridized carbons (Fsp3) is 0.107. The lowest BCUT2D eigenvalue weighted by atomic mass is 10.3. The molecule has 2 heterocycles. The van der Waals surface area contributed by atoms with Crippen LogP contribution in [0.2, 0.25) is 0 Å². The van der Waals surface area contributed by atoms with Crippen LogP contribution in [0, 0.1) is 0 Å². The third-order valence-electron chi connectivity index (χ3n) is 6.21. The summed E-state index contributed by atoms with van der Waals surface area (Å²) in [6, 6.07) is 36.8. The minimum absolute atomic E-state index is 0.409. The Bertz CT molecular complexity index is 1510. The summed E-state index contributed by atoms with van der Waals surface area (Å²) in [6.07, 6.45) is 0. The summed E-state index contributed by atoms with van der Waals surface area (Å²) in [4.78, 5) is 8.77. The van der Waals surface area contributed by atoms with Crippen LogP contribution in [0.5, 0.6) is 0 Å². The maximum Gasteiger partial charge on any atom is 0.307 e. The SMILES string of the molecule is CC(C)S(c1ccccc1)(c1ccccc1)c1ccc2oc3nc4ccccc4n3c2c1. The highest BCUT2D eigenvalue weighted by molar-refractivity contribution is 8.34. The fourth-order valence-electron chi connectivity index (χ4n) is 4.86. The maximum absolute atomic E-state index is 6.14. The molecule has 0 aliphatic rings. The molecule has 32 heavy (non-hydrogen) atoms. The molecule has 0 spiro atoms. The topological polar surface area (TPSA) is 30.4 Å². The van der Waals surface area contributed by atoms with Gasteiger partial charge in [0, 0.05) is 4.90 Å². The van der Waals surface area contributed by atoms with Gasteiger partial charge in [-0.1, -0.05) is 62.4 Å². The molecule has 0 aliphatic carbocycles. The summed E-state index contributed by atoms with van der Waals surface area (Å²) >= 11 is 0. The van der Waals surface area contributed by atoms with Crippen molar-refractivity contribution in [2.24, 2.45) is 0 Å². The van der Waals surface area contributed by atoms with Crippen molar-refractivity contribution in [1.82, 2.24) is 9.38 Å². The molecule has 6 rings (SSSR count). The molecule has 0 saturated carbocycles. The monoisotopic (exact) mass is 436 g/mol. The highest BCUT2D eigenvalue weighted by Gasteiger charge is 2.34. The van der Waals surface area contributed by atoms with E-state index in [0.29, 0.717) is 11.1 Å². The van der Waals surface area contributed by atoms with Crippen LogP contribution >= 0.6 is 10.0 Å². The van der Waals surface area contributed by atoms with E-state index in [4.69, 9.17) is 9.40 Å². The largest absolute Gasteiger partial charge is 0.423 e. The number of benzene rings is 4. The van der Waals surface area contributed by atoms with E-state index in [2.05, 4.69) is 109 Å². The minimum Gasteiger partial charge on any atom is -0.423 e. The molecule has 0 unspecified atom stereocenters. The molecule has 2 aromatic heterocycles. The second kappa shape index (κ2) is 7.28. The molecule has 158 valence electrons. The van der Waals surface area contributed by atoms with E-state index in [1.165, 1.54) is 14.7 Å². The number of hydrogen-bond donors (Lipinski definition) is 0. The number of fused-ring (bicyclic) bond motifs is 5. The number of aromatic nitrogens is 2. The highest BCUT2D eigenvalue weighted by atomic mass is 32.3. The molecule has 6 aromatic rings. The van der Waals surface area contributed by atoms with E-state index in [9.17, 15) is 0 Å². The molecule has 4 aromatic carbocycles. The number of rotatable bonds is 4. The Morgan fingerprint density at radius 3 is 1.97 bits per heavy atom. The van der Waals surface area contributed by atoms with Gasteiger partial charge in [-0.2, -0.15) is 15.0 Å². The van der Waals surface area contributed by atoms with Gasteiger partial charge in [-0.3, -0.25) is 4.40 Å². The first-order valence-corrected chi connectivity index (χ1v) is 12.6. The number of imidazole rings is 1. The van der Waals surface area contributed by atoms with Gasteiger partial charge in [-0.15, -0.1) is 0 Å². The van der Waals surface area contributed by atoms with Gasteiger partial charge in [0.1, 0.15) is 0 Å². The van der Waals surface area contributed by atoms with Gasteiger partial charge in [0.2, 0.25) is 0 Å². The zero-order valence-electron chi connectivity index (χ0n) is 18.1. The number of oxazole rings is 1. The van der Waals surface area contributed by atoms with Crippen molar-refractivity contribution >= 4 is 38.0 Å². The first-order valence-electron chi connectivity index (χ1n) is 10.9. The minimum atomic E-state index is -1.50. The van der Waals surface area contributed by atoms with Crippen LogP contribution in [0.15, 0.2) is 122 Å². The van der Waals surface area contributed by atoms with Gasteiger partial charge in [-0.05, 0) is 69.6 Å². The van der Waals surface area contributed by atoms with Crippen molar-refractivity contribution in [3.8, 4) is 0 Å². The maximum atomic E-state index is 6.14. The quantitative estimate of drug-likeness (QED) is 0.281. The van der Waals surface area contributed by atoms with Gasteiger partial charge < -0.3 is 4.42 Å². The predicted octanol–water partition coefficient (Wildman–Crippen LogP) is 7.92. The third kappa shape index (κ3) is 2.66. The second-order valence-electron chi connectivity index (χ2n) is 8.28. The van der Waals surface area contributed by atoms with Crippen LogP contribution in [0.1, 0.15) is 13.8 Å². The molecule has 0 amide bonds. The molecule has 0 aliphatic heterocycles. The molecule has 0 N–H and O–H groups in total. The Balaban J connectivity index is 1.72. The Labute approximate surface area is 188 Å². The van der Waals surface area contributed by atoms with Crippen LogP contribution in [0.4, 0.5) is 0 Å². The van der Waals surface area contributed by atoms with Crippen molar-refractivity contribution in [1.29, 1.82) is 0 Å². The summed E-state index contributed by atoms with van der Waals surface area (Å²) in [5, 5.41) is 0.409. The van der Waals surface area contributed by atoms with Gasteiger partial charge in [-0.25, -0.2) is 0 Å². The first-order chi connectivity index (χ1) is 15.7. The Kier molecular flexibility index (Phi) is 4.37. The van der Waals surface area contributed by atoms with Crippen LogP contribution in [-0.2, 0) is 0 Å². The molecule has 3 nitrogen and oxygen atoms in total. The molecule has 0 bridgehead atoms. The number of para-hydroxylation sites is 2. The average molecular weight is 437 g/mol. The average Bonchev–Trinajstić information content (AvgIpc) is 3.36. The summed E-state index contributed by atoms with van der Waals surface area (Å²) in [6.45, 7) is 4.69. The molecule has 0 saturated heterocycles. The first kappa shape index (κ1) is 19.2. The van der Waals surface area contributed by atoms with Gasteiger partial charge in [0.05, 0.1) is 16.6 Å². The van der Waals surface area contributed by atoms with E-state index in [1.54, 1.807) is 0 Å². The third-order valence-corrected chi connectivity index (χ3v) is 10.7. The van der Waals surface area contributed by atoms with Crippen LogP contribution < -0.4 is 0 Å². The summed E-state index contributed by atoms with van der Waals surface area (Å²) in [5.41, 5.74) is 3.95. The Morgan fingerprint density at radius 2 is 1.31 bits per heavy atom. The zero-order chi connectivity index (χ0) is 21.7. The van der Waals surface area contributed by atoms with Crippen LogP contribution in [0.25, 0.3) is 28.0 Å². The van der Waals surface area contributed by atoms with Gasteiger partial charge in [0.25, 0.3) is 0 Å². The van der Waals surface area contributed by atoms with Crippen molar-refractivity contribution in [2.45, 2.75) is 33.8 Å². The molecular weight excluding hydrogens is 412 g/mol. The van der Waals surface area contributed by atoms with Crippen LogP contribution in [0.3, 0.4) is 0 Å². The zero-order valence-corrected chi connectivity index (χ0v) is 18.9. The van der Waals surface area contributed by atoms with E-state index in [1.807, 2.05) is 12.1 Å². The highest BCUT2D eigenvalue weighted by Crippen LogP contribution is 2.71. The Morgan fingerprint density at radius 1 is 0.688 bits per heavy atom. The summed E-state index contributed by atoms with van der Waals surface area (Å²) in [5.74, 6) is 0.642. The summed E-state index contributed by atoms with van der Waals surface area (Å²) < 4.78 is 8.29. The fourth-order valence-corrected chi connectivity index (χ4v) is 9.06. The number of nitrogens with zero attached hydrogens (tertiary/aromatic N) is 2. The number of hydrogen-bond acceptors (Lipinski definition) is 2. The molecule has 0 fully saturated rings. The van der Waals surface area contributed by atoms with Crippen LogP contribution in [-0.4, -0.2) is 14.6 Å². The summed E-state index contributed by atoms with van der Waals surface area (Å²) in [7, 11) is -1.50. The van der Waals surface area contributed by atoms with E-state index in [0.717, 1.165) is 22.1 Å². The van der Waals surface area contributed by atoms with Crippen molar-refractivity contribution in [3.63, 3.8) is 0 Å². The van der Waals surface area contributed by atoms with Crippen molar-refractivity contribution in [2.75, 3.05) is 0 Å². The lowest BCUT2D eigenvalue weighted by molar-refractivity contribution is 0.643.